The van der Waals surface area contributed by atoms with Gasteiger partial charge < -0.3 is 28.8 Å². The van der Waals surface area contributed by atoms with Crippen LogP contribution in [-0.2, 0) is 18.4 Å². The first-order chi connectivity index (χ1) is 36.0. The summed E-state index contributed by atoms with van der Waals surface area (Å²) in [4.78, 5) is 25.6. The lowest BCUT2D eigenvalue weighted by atomic mass is 10.0. The van der Waals surface area contributed by atoms with Crippen LogP contribution in [0, 0.1) is 0 Å². The highest BCUT2D eigenvalue weighted by Crippen LogP contribution is 2.38. The Bertz CT molecular complexity index is 1340. The molecule has 3 atom stereocenters. The molecule has 0 saturated carbocycles. The zero-order chi connectivity index (χ0) is 54.2. The van der Waals surface area contributed by atoms with E-state index in [0.29, 0.717) is 23.9 Å². The van der Waals surface area contributed by atoms with Crippen LogP contribution in [-0.4, -0.2) is 68.5 Å². The molecule has 0 aromatic carbocycles. The third-order valence-electron chi connectivity index (χ3n) is 14.6. The van der Waals surface area contributed by atoms with Crippen LogP contribution in [0.25, 0.3) is 0 Å². The molecule has 8 nitrogen and oxygen atoms in total. The van der Waals surface area contributed by atoms with Crippen LogP contribution in [0.5, 0.6) is 0 Å². The van der Waals surface area contributed by atoms with Crippen molar-refractivity contribution in [3.05, 3.63) is 48.6 Å². The van der Waals surface area contributed by atoms with Crippen molar-refractivity contribution in [3.8, 4) is 0 Å². The minimum Gasteiger partial charge on any atom is -0.756 e. The molecule has 3 unspecified atom stereocenters. The highest BCUT2D eigenvalue weighted by atomic mass is 31.2. The van der Waals surface area contributed by atoms with E-state index >= 15 is 0 Å². The van der Waals surface area contributed by atoms with Crippen LogP contribution in [0.3, 0.4) is 0 Å². The van der Waals surface area contributed by atoms with Crippen molar-refractivity contribution in [1.29, 1.82) is 0 Å². The molecule has 436 valence electrons. The van der Waals surface area contributed by atoms with Gasteiger partial charge in [-0.05, 0) is 51.4 Å². The van der Waals surface area contributed by atoms with Crippen molar-refractivity contribution >= 4 is 13.7 Å². The second-order valence-corrected chi connectivity index (χ2v) is 24.5. The van der Waals surface area contributed by atoms with Crippen LogP contribution < -0.4 is 10.2 Å². The summed E-state index contributed by atoms with van der Waals surface area (Å²) in [5, 5.41) is 14.1. The normalized spacial score (nSPS) is 14.1. The molecule has 0 aliphatic carbocycles. The quantitative estimate of drug-likeness (QED) is 0.0272. The lowest BCUT2D eigenvalue weighted by Gasteiger charge is -2.30. The first-order valence-corrected chi connectivity index (χ1v) is 33.4. The van der Waals surface area contributed by atoms with Gasteiger partial charge in [-0.1, -0.05) is 300 Å². The van der Waals surface area contributed by atoms with Crippen LogP contribution >= 0.6 is 7.82 Å². The van der Waals surface area contributed by atoms with Gasteiger partial charge in [0.25, 0.3) is 7.82 Å². The molecule has 2 N–H and O–H groups in total. The predicted molar refractivity (Wildman–Crippen MR) is 321 cm³/mol. The van der Waals surface area contributed by atoms with Gasteiger partial charge in [0.1, 0.15) is 13.2 Å². The number of phosphoric acid groups is 1. The fourth-order valence-electron chi connectivity index (χ4n) is 9.62. The van der Waals surface area contributed by atoms with Crippen LogP contribution in [0.2, 0.25) is 0 Å². The Morgan fingerprint density at radius 1 is 0.486 bits per heavy atom. The molecule has 0 heterocycles. The molecule has 74 heavy (non-hydrogen) atoms. The summed E-state index contributed by atoms with van der Waals surface area (Å²) in [7, 11) is 1.32. The number of aliphatic hydroxyl groups excluding tert-OH is 1. The number of hydrogen-bond acceptors (Lipinski definition) is 6. The number of allylic oxidation sites excluding steroid dienone is 8. The predicted octanol–water partition coefficient (Wildman–Crippen LogP) is 19.2. The van der Waals surface area contributed by atoms with Crippen molar-refractivity contribution < 1.29 is 32.9 Å². The molecule has 0 bridgehead atoms. The van der Waals surface area contributed by atoms with Gasteiger partial charge in [-0.2, -0.15) is 0 Å². The van der Waals surface area contributed by atoms with Gasteiger partial charge in [-0.3, -0.25) is 9.36 Å². The number of amides is 1. The molecule has 0 spiro atoms. The van der Waals surface area contributed by atoms with Crippen molar-refractivity contribution in [1.82, 2.24) is 5.32 Å². The Labute approximate surface area is 460 Å². The topological polar surface area (TPSA) is 108 Å². The standard InChI is InChI=1S/C65H125N2O6P/c1-6-8-10-12-14-16-18-20-22-24-26-27-28-29-30-31-32-33-34-35-36-37-38-39-41-43-45-47-49-51-53-55-57-59-65(69)66-63(62-73-74(70,71)72-61-60-67(3,4)5)64(68)58-56-54-52-50-48-46-44-42-40-25-23-21-19-17-15-13-11-9-7-2/h8,10,14,16,20,22,26-27,63-64,68H,6-7,9,11-13,15,17-19,21,23-25,28-62H2,1-5H3,(H-,66,69,70,71)/b10-8-,16-14-,22-20-,27-26-. The Hall–Kier alpha value is -1.54. The highest BCUT2D eigenvalue weighted by Gasteiger charge is 2.24. The molecular weight excluding hydrogens is 936 g/mol. The number of nitrogens with one attached hydrogen (secondary N) is 1. The largest absolute Gasteiger partial charge is 0.756 e. The summed E-state index contributed by atoms with van der Waals surface area (Å²) in [6.45, 7) is 4.65. The van der Waals surface area contributed by atoms with Crippen molar-refractivity contribution in [2.24, 2.45) is 0 Å². The monoisotopic (exact) mass is 1060 g/mol. The van der Waals surface area contributed by atoms with Crippen LogP contribution in [0.1, 0.15) is 309 Å². The number of rotatable bonds is 59. The average molecular weight is 1060 g/mol. The number of nitrogens with zero attached hydrogens (tertiary/aromatic N) is 1. The van der Waals surface area contributed by atoms with Gasteiger partial charge in [0.2, 0.25) is 5.91 Å². The number of hydrogen-bond donors (Lipinski definition) is 2. The molecule has 0 radical (unpaired) electrons. The molecule has 0 saturated heterocycles. The Morgan fingerprint density at radius 3 is 1.20 bits per heavy atom. The molecule has 0 rings (SSSR count). The molecule has 9 heteroatoms. The van der Waals surface area contributed by atoms with E-state index in [1.807, 2.05) is 21.1 Å². The molecule has 0 aromatic rings. The van der Waals surface area contributed by atoms with Crippen molar-refractivity contribution in [2.45, 2.75) is 321 Å². The lowest BCUT2D eigenvalue weighted by Crippen LogP contribution is -2.46. The first kappa shape index (κ1) is 72.5. The molecular formula is C65H125N2O6P. The minimum absolute atomic E-state index is 0.0136. The smallest absolute Gasteiger partial charge is 0.268 e. The van der Waals surface area contributed by atoms with Crippen LogP contribution in [0.4, 0.5) is 0 Å². The van der Waals surface area contributed by atoms with E-state index < -0.39 is 20.0 Å². The van der Waals surface area contributed by atoms with Gasteiger partial charge in [0, 0.05) is 6.42 Å². The number of carbonyl (C=O) groups excluding carboxylic acids is 1. The van der Waals surface area contributed by atoms with E-state index in [2.05, 4.69) is 67.8 Å². The van der Waals surface area contributed by atoms with E-state index in [1.54, 1.807) is 0 Å². The van der Waals surface area contributed by atoms with Crippen LogP contribution in [0.15, 0.2) is 48.6 Å². The Balaban J connectivity index is 4.01. The maximum Gasteiger partial charge on any atom is 0.268 e. The average Bonchev–Trinajstić information content (AvgIpc) is 3.36. The maximum atomic E-state index is 13.0. The minimum atomic E-state index is -4.57. The summed E-state index contributed by atoms with van der Waals surface area (Å²) in [5.74, 6) is -0.159. The second-order valence-electron chi connectivity index (χ2n) is 23.1. The number of aliphatic hydroxyl groups is 1. The molecule has 0 aliphatic rings. The summed E-state index contributed by atoms with van der Waals surface area (Å²) >= 11 is 0. The number of phosphoric ester groups is 1. The fraction of sp³-hybridized carbons (Fsp3) is 0.862. The number of carbonyl (C=O) groups is 1. The number of unbranched alkanes of at least 4 members (excludes halogenated alkanes) is 38. The first-order valence-electron chi connectivity index (χ1n) is 32.0. The molecule has 0 aliphatic heterocycles. The van der Waals surface area contributed by atoms with Gasteiger partial charge in [-0.15, -0.1) is 0 Å². The fourth-order valence-corrected chi connectivity index (χ4v) is 10.3. The van der Waals surface area contributed by atoms with Crippen molar-refractivity contribution in [3.63, 3.8) is 0 Å². The Kier molecular flexibility index (Phi) is 55.0. The molecule has 0 aromatic heterocycles. The third kappa shape index (κ3) is 58.1. The summed E-state index contributed by atoms with van der Waals surface area (Å²) < 4.78 is 23.5. The van der Waals surface area contributed by atoms with Gasteiger partial charge in [0.05, 0.1) is 39.9 Å². The number of quaternary nitrogens is 1. The van der Waals surface area contributed by atoms with E-state index in [9.17, 15) is 19.4 Å². The zero-order valence-electron chi connectivity index (χ0n) is 49.8. The third-order valence-corrected chi connectivity index (χ3v) is 15.5. The summed E-state index contributed by atoms with van der Waals surface area (Å²) in [5.41, 5.74) is 0. The maximum absolute atomic E-state index is 13.0. The SMILES string of the molecule is CC/C=C\C/C=C\C/C=C\C/C=C\CCCCCCCCCCCCCCCCCCCCCCC(=O)NC(COP(=O)([O-])OCC[N+](C)(C)C)C(O)CCCCCCCCCCCCCCCCCCCCC. The zero-order valence-corrected chi connectivity index (χ0v) is 50.7. The van der Waals surface area contributed by atoms with Gasteiger partial charge >= 0.3 is 0 Å². The lowest BCUT2D eigenvalue weighted by molar-refractivity contribution is -0.870. The Morgan fingerprint density at radius 2 is 0.824 bits per heavy atom. The van der Waals surface area contributed by atoms with E-state index in [4.69, 9.17) is 9.05 Å². The van der Waals surface area contributed by atoms with E-state index in [0.717, 1.165) is 64.2 Å². The van der Waals surface area contributed by atoms with E-state index in [1.165, 1.54) is 218 Å². The summed E-state index contributed by atoms with van der Waals surface area (Å²) in [6, 6.07) is -0.800. The molecule has 1 amide bonds. The highest BCUT2D eigenvalue weighted by molar-refractivity contribution is 7.45. The molecule has 0 fully saturated rings. The second kappa shape index (κ2) is 56.2. The van der Waals surface area contributed by atoms with Gasteiger partial charge in [0.15, 0.2) is 0 Å². The van der Waals surface area contributed by atoms with Gasteiger partial charge in [-0.25, -0.2) is 0 Å². The summed E-state index contributed by atoms with van der Waals surface area (Å²) in [6.07, 6.45) is 74.5. The number of likely N-dealkylation sites (N-methyl/N-ethyl adjacent to an activating group) is 1. The van der Waals surface area contributed by atoms with Crippen molar-refractivity contribution in [2.75, 3.05) is 40.9 Å². The van der Waals surface area contributed by atoms with E-state index in [-0.39, 0.29) is 19.1 Å².